The Kier molecular flexibility index (Phi) is 5.05. The average Bonchev–Trinajstić information content (AvgIpc) is 3.30. The summed E-state index contributed by atoms with van der Waals surface area (Å²) in [6, 6.07) is 23.4. The van der Waals surface area contributed by atoms with Gasteiger partial charge in [0.2, 0.25) is 0 Å². The Labute approximate surface area is 161 Å². The van der Waals surface area contributed by atoms with Gasteiger partial charge in [-0.25, -0.2) is 0 Å². The summed E-state index contributed by atoms with van der Waals surface area (Å²) in [5, 5.41) is 15.2. The normalized spacial score (nSPS) is 12.2. The van der Waals surface area contributed by atoms with E-state index < -0.39 is 6.10 Å². The molecule has 2 N–H and O–H groups in total. The van der Waals surface area contributed by atoms with Gasteiger partial charge in [0.1, 0.15) is 5.69 Å². The van der Waals surface area contributed by atoms with E-state index in [1.807, 2.05) is 70.6 Å². The molecule has 0 saturated carbocycles. The highest BCUT2D eigenvalue weighted by molar-refractivity contribution is 7.17. The number of carbonyl (C=O) groups is 1. The number of benzene rings is 2. The fraction of sp³-hybridized carbons (Fsp3) is 0.136. The lowest BCUT2D eigenvalue weighted by Crippen LogP contribution is -2.30. The molecule has 1 amide bonds. The summed E-state index contributed by atoms with van der Waals surface area (Å²) < 4.78 is 3.12. The third-order valence-corrected chi connectivity index (χ3v) is 5.43. The molecule has 0 aliphatic rings. The van der Waals surface area contributed by atoms with E-state index in [9.17, 15) is 9.90 Å². The smallest absolute Gasteiger partial charge is 0.268 e. The van der Waals surface area contributed by atoms with Gasteiger partial charge < -0.3 is 15.0 Å². The van der Waals surface area contributed by atoms with Crippen molar-refractivity contribution in [1.82, 2.24) is 9.88 Å². The number of carbonyl (C=O) groups excluding carboxylic acids is 1. The van der Waals surface area contributed by atoms with Crippen molar-refractivity contribution in [2.24, 2.45) is 0 Å². The van der Waals surface area contributed by atoms with Gasteiger partial charge in [0.25, 0.3) is 5.91 Å². The van der Waals surface area contributed by atoms with E-state index in [1.165, 1.54) is 0 Å². The number of amides is 1. The number of thiophene rings is 1. The van der Waals surface area contributed by atoms with Crippen molar-refractivity contribution in [3.8, 4) is 0 Å². The van der Waals surface area contributed by atoms with Gasteiger partial charge in [-0.2, -0.15) is 0 Å². The molecule has 0 unspecified atom stereocenters. The minimum absolute atomic E-state index is 0.174. The first-order valence-electron chi connectivity index (χ1n) is 8.84. The predicted molar refractivity (Wildman–Crippen MR) is 109 cm³/mol. The molecule has 4 aromatic rings. The van der Waals surface area contributed by atoms with Crippen molar-refractivity contribution in [2.75, 3.05) is 6.54 Å². The fourth-order valence-corrected chi connectivity index (χ4v) is 4.00. The van der Waals surface area contributed by atoms with Gasteiger partial charge in [0.15, 0.2) is 0 Å². The molecule has 0 spiro atoms. The van der Waals surface area contributed by atoms with Crippen LogP contribution < -0.4 is 5.32 Å². The third kappa shape index (κ3) is 3.79. The van der Waals surface area contributed by atoms with Crippen LogP contribution in [-0.4, -0.2) is 22.1 Å². The largest absolute Gasteiger partial charge is 0.387 e. The Hall–Kier alpha value is -2.89. The van der Waals surface area contributed by atoms with Crippen molar-refractivity contribution < 1.29 is 9.90 Å². The zero-order chi connectivity index (χ0) is 18.6. The van der Waals surface area contributed by atoms with Crippen LogP contribution >= 0.6 is 11.3 Å². The number of fused-ring (bicyclic) bond motifs is 1. The molecule has 4 nitrogen and oxygen atoms in total. The Morgan fingerprint density at radius 2 is 1.74 bits per heavy atom. The molecule has 2 aromatic heterocycles. The second kappa shape index (κ2) is 7.78. The van der Waals surface area contributed by atoms with Crippen LogP contribution in [0, 0.1) is 0 Å². The van der Waals surface area contributed by atoms with E-state index in [2.05, 4.69) is 17.4 Å². The van der Waals surface area contributed by atoms with Crippen molar-refractivity contribution in [3.05, 3.63) is 95.0 Å². The molecule has 27 heavy (non-hydrogen) atoms. The van der Waals surface area contributed by atoms with Crippen LogP contribution in [0.1, 0.15) is 27.7 Å². The van der Waals surface area contributed by atoms with Gasteiger partial charge in [0.05, 0.1) is 16.3 Å². The van der Waals surface area contributed by atoms with Crippen LogP contribution in [0.15, 0.2) is 78.2 Å². The van der Waals surface area contributed by atoms with Crippen LogP contribution in [-0.2, 0) is 6.54 Å². The first-order chi connectivity index (χ1) is 13.2. The van der Waals surface area contributed by atoms with Crippen LogP contribution in [0.25, 0.3) is 10.2 Å². The number of aliphatic hydroxyl groups is 1. The molecule has 0 aliphatic carbocycles. The zero-order valence-electron chi connectivity index (χ0n) is 14.7. The molecule has 2 heterocycles. The molecular weight excluding hydrogens is 356 g/mol. The Bertz CT molecular complexity index is 1040. The van der Waals surface area contributed by atoms with Gasteiger partial charge in [-0.3, -0.25) is 4.79 Å². The third-order valence-electron chi connectivity index (χ3n) is 4.58. The van der Waals surface area contributed by atoms with Crippen molar-refractivity contribution >= 4 is 27.5 Å². The number of rotatable bonds is 6. The van der Waals surface area contributed by atoms with E-state index in [-0.39, 0.29) is 12.5 Å². The maximum Gasteiger partial charge on any atom is 0.268 e. The summed E-state index contributed by atoms with van der Waals surface area (Å²) in [4.78, 5) is 12.8. The zero-order valence-corrected chi connectivity index (χ0v) is 15.5. The number of hydrogen-bond donors (Lipinski definition) is 2. The lowest BCUT2D eigenvalue weighted by molar-refractivity contribution is 0.0908. The van der Waals surface area contributed by atoms with Gasteiger partial charge in [-0.15, -0.1) is 11.3 Å². The summed E-state index contributed by atoms with van der Waals surface area (Å²) in [6.07, 6.45) is -0.728. The quantitative estimate of drug-likeness (QED) is 0.529. The molecule has 2 aromatic carbocycles. The van der Waals surface area contributed by atoms with E-state index in [1.54, 1.807) is 11.3 Å². The summed E-state index contributed by atoms with van der Waals surface area (Å²) in [5.41, 5.74) is 3.59. The molecule has 0 saturated heterocycles. The Morgan fingerprint density at radius 3 is 2.48 bits per heavy atom. The highest BCUT2D eigenvalue weighted by Crippen LogP contribution is 2.26. The first-order valence-corrected chi connectivity index (χ1v) is 9.72. The molecule has 0 bridgehead atoms. The Balaban J connectivity index is 1.55. The van der Waals surface area contributed by atoms with E-state index in [0.29, 0.717) is 12.2 Å². The molecule has 0 fully saturated rings. The van der Waals surface area contributed by atoms with Crippen LogP contribution in [0.4, 0.5) is 0 Å². The number of aromatic nitrogens is 1. The average molecular weight is 376 g/mol. The number of aliphatic hydroxyl groups excluding tert-OH is 1. The maximum absolute atomic E-state index is 12.8. The van der Waals surface area contributed by atoms with Gasteiger partial charge in [-0.1, -0.05) is 60.7 Å². The summed E-state index contributed by atoms with van der Waals surface area (Å²) in [7, 11) is 0. The minimum atomic E-state index is -0.728. The highest BCUT2D eigenvalue weighted by Gasteiger charge is 2.18. The number of hydrogen-bond acceptors (Lipinski definition) is 3. The molecule has 0 aliphatic heterocycles. The molecule has 5 heteroatoms. The van der Waals surface area contributed by atoms with Gasteiger partial charge in [-0.05, 0) is 28.6 Å². The minimum Gasteiger partial charge on any atom is -0.387 e. The second-order valence-corrected chi connectivity index (χ2v) is 7.36. The molecule has 4 rings (SSSR count). The highest BCUT2D eigenvalue weighted by atomic mass is 32.1. The number of nitrogens with one attached hydrogen (secondary N) is 1. The molecule has 1 atom stereocenters. The SMILES string of the molecule is O=C(NC[C@H](O)c1ccccc1)c1cc2sccc2n1Cc1ccccc1. The summed E-state index contributed by atoms with van der Waals surface area (Å²) in [6.45, 7) is 0.804. The second-order valence-electron chi connectivity index (χ2n) is 6.41. The number of nitrogens with zero attached hydrogens (tertiary/aromatic N) is 1. The van der Waals surface area contributed by atoms with E-state index in [0.717, 1.165) is 21.3 Å². The van der Waals surface area contributed by atoms with Crippen molar-refractivity contribution in [1.29, 1.82) is 0 Å². The van der Waals surface area contributed by atoms with E-state index in [4.69, 9.17) is 0 Å². The first kappa shape index (κ1) is 17.5. The summed E-state index contributed by atoms with van der Waals surface area (Å²) in [5.74, 6) is -0.177. The van der Waals surface area contributed by atoms with Crippen LogP contribution in [0.5, 0.6) is 0 Å². The van der Waals surface area contributed by atoms with Crippen LogP contribution in [0.3, 0.4) is 0 Å². The maximum atomic E-state index is 12.8. The summed E-state index contributed by atoms with van der Waals surface area (Å²) >= 11 is 1.62. The van der Waals surface area contributed by atoms with Crippen molar-refractivity contribution in [3.63, 3.8) is 0 Å². The lowest BCUT2D eigenvalue weighted by atomic mass is 10.1. The van der Waals surface area contributed by atoms with E-state index >= 15 is 0 Å². The fourth-order valence-electron chi connectivity index (χ4n) is 3.17. The Morgan fingerprint density at radius 1 is 1.04 bits per heavy atom. The standard InChI is InChI=1S/C22H20N2O2S/c25-20(17-9-5-2-6-10-17)14-23-22(26)19-13-21-18(11-12-27-21)24(19)15-16-7-3-1-4-8-16/h1-13,20,25H,14-15H2,(H,23,26)/t20-/m0/s1. The predicted octanol–water partition coefficient (Wildman–Crippen LogP) is 4.21. The van der Waals surface area contributed by atoms with Gasteiger partial charge >= 0.3 is 0 Å². The molecule has 0 radical (unpaired) electrons. The van der Waals surface area contributed by atoms with Crippen molar-refractivity contribution in [2.45, 2.75) is 12.6 Å². The monoisotopic (exact) mass is 376 g/mol. The molecular formula is C22H20N2O2S. The van der Waals surface area contributed by atoms with Gasteiger partial charge in [0, 0.05) is 13.1 Å². The van der Waals surface area contributed by atoms with Crippen LogP contribution in [0.2, 0.25) is 0 Å². The molecule has 136 valence electrons. The topological polar surface area (TPSA) is 54.3 Å². The lowest BCUT2D eigenvalue weighted by Gasteiger charge is -2.14.